The van der Waals surface area contributed by atoms with E-state index < -0.39 is 16.1 Å². The summed E-state index contributed by atoms with van der Waals surface area (Å²) in [7, 11) is -3.69. The van der Waals surface area contributed by atoms with Gasteiger partial charge in [0.25, 0.3) is 0 Å². The molecule has 3 rings (SSSR count). The highest BCUT2D eigenvalue weighted by Crippen LogP contribution is 2.25. The molecule has 1 aliphatic rings. The predicted octanol–water partition coefficient (Wildman–Crippen LogP) is 3.03. The molecule has 1 heterocycles. The Morgan fingerprint density at radius 3 is 2.41 bits per heavy atom. The quantitative estimate of drug-likeness (QED) is 0.598. The Morgan fingerprint density at radius 1 is 1.16 bits per heavy atom. The van der Waals surface area contributed by atoms with Crippen LogP contribution in [0.5, 0.6) is 0 Å². The van der Waals surface area contributed by atoms with Crippen LogP contribution in [0.2, 0.25) is 5.02 Å². The standard InChI is InChI=1S/C23H30ClN3O4S/c1-3-22(27(32(2,29)30)21-6-4-5-20(24)15-21)23(28)25-16-18-7-9-19(10-8-18)17-26-11-13-31-14-12-26/h4-10,15,22H,3,11-14,16-17H2,1-2H3,(H,25,28)/t22-/m0/s1. The van der Waals surface area contributed by atoms with Crippen molar-refractivity contribution in [1.82, 2.24) is 10.2 Å². The minimum Gasteiger partial charge on any atom is -0.379 e. The van der Waals surface area contributed by atoms with Crippen LogP contribution in [-0.4, -0.2) is 57.8 Å². The molecule has 2 aromatic rings. The lowest BCUT2D eigenvalue weighted by atomic mass is 10.1. The highest BCUT2D eigenvalue weighted by atomic mass is 35.5. The summed E-state index contributed by atoms with van der Waals surface area (Å²) in [5.74, 6) is -0.352. The van der Waals surface area contributed by atoms with Gasteiger partial charge in [-0.1, -0.05) is 48.9 Å². The predicted molar refractivity (Wildman–Crippen MR) is 127 cm³/mol. The molecule has 1 atom stereocenters. The number of carbonyl (C=O) groups is 1. The zero-order valence-corrected chi connectivity index (χ0v) is 20.0. The molecule has 0 aromatic heterocycles. The molecule has 0 spiro atoms. The second-order valence-electron chi connectivity index (χ2n) is 7.89. The summed E-state index contributed by atoms with van der Waals surface area (Å²) >= 11 is 6.05. The van der Waals surface area contributed by atoms with Crippen molar-refractivity contribution in [3.8, 4) is 0 Å². The monoisotopic (exact) mass is 479 g/mol. The fourth-order valence-electron chi connectivity index (χ4n) is 3.76. The van der Waals surface area contributed by atoms with Gasteiger partial charge in [0.15, 0.2) is 0 Å². The number of anilines is 1. The maximum Gasteiger partial charge on any atom is 0.244 e. The summed E-state index contributed by atoms with van der Waals surface area (Å²) in [6, 6.07) is 13.7. The molecule has 174 valence electrons. The molecule has 2 aromatic carbocycles. The van der Waals surface area contributed by atoms with Gasteiger partial charge in [-0.05, 0) is 35.7 Å². The number of rotatable bonds is 9. The van der Waals surface area contributed by atoms with E-state index in [1.165, 1.54) is 5.56 Å². The SMILES string of the molecule is CC[C@@H](C(=O)NCc1ccc(CN2CCOCC2)cc1)N(c1cccc(Cl)c1)S(C)(=O)=O. The van der Waals surface area contributed by atoms with Gasteiger partial charge in [-0.25, -0.2) is 8.42 Å². The number of hydrogen-bond donors (Lipinski definition) is 1. The van der Waals surface area contributed by atoms with E-state index >= 15 is 0 Å². The normalized spacial score (nSPS) is 15.8. The molecule has 1 saturated heterocycles. The number of halogens is 1. The molecule has 1 aliphatic heterocycles. The van der Waals surface area contributed by atoms with Gasteiger partial charge in [-0.3, -0.25) is 14.0 Å². The first-order chi connectivity index (χ1) is 15.3. The molecule has 0 unspecified atom stereocenters. The lowest BCUT2D eigenvalue weighted by Gasteiger charge is -2.30. The van der Waals surface area contributed by atoms with Gasteiger partial charge in [0.1, 0.15) is 6.04 Å². The maximum absolute atomic E-state index is 13.0. The number of ether oxygens (including phenoxy) is 1. The Labute approximate surface area is 195 Å². The number of morpholine rings is 1. The van der Waals surface area contributed by atoms with E-state index in [0.717, 1.165) is 49.0 Å². The van der Waals surface area contributed by atoms with Crippen LogP contribution in [0.4, 0.5) is 5.69 Å². The van der Waals surface area contributed by atoms with E-state index in [9.17, 15) is 13.2 Å². The van der Waals surface area contributed by atoms with Crippen LogP contribution in [0.1, 0.15) is 24.5 Å². The lowest BCUT2D eigenvalue weighted by Crippen LogP contribution is -2.49. The van der Waals surface area contributed by atoms with Crippen LogP contribution in [-0.2, 0) is 32.6 Å². The van der Waals surface area contributed by atoms with Gasteiger partial charge in [0, 0.05) is 31.2 Å². The Kier molecular flexibility index (Phi) is 8.53. The highest BCUT2D eigenvalue weighted by molar-refractivity contribution is 7.92. The molecule has 1 amide bonds. The summed E-state index contributed by atoms with van der Waals surface area (Å²) < 4.78 is 31.5. The molecule has 7 nitrogen and oxygen atoms in total. The third-order valence-corrected chi connectivity index (χ3v) is 6.81. The van der Waals surface area contributed by atoms with Crippen LogP contribution < -0.4 is 9.62 Å². The summed E-state index contributed by atoms with van der Waals surface area (Å²) in [6.07, 6.45) is 1.42. The molecule has 9 heteroatoms. The van der Waals surface area contributed by atoms with Crippen LogP contribution >= 0.6 is 11.6 Å². The third kappa shape index (κ3) is 6.68. The second kappa shape index (κ2) is 11.1. The largest absolute Gasteiger partial charge is 0.379 e. The van der Waals surface area contributed by atoms with Crippen molar-refractivity contribution in [2.75, 3.05) is 36.9 Å². The van der Waals surface area contributed by atoms with Crippen LogP contribution in [0, 0.1) is 0 Å². The molecule has 32 heavy (non-hydrogen) atoms. The first-order valence-corrected chi connectivity index (χ1v) is 12.9. The summed E-state index contributed by atoms with van der Waals surface area (Å²) in [5, 5.41) is 3.29. The zero-order chi connectivity index (χ0) is 23.1. The first kappa shape index (κ1) is 24.5. The average molecular weight is 480 g/mol. The van der Waals surface area contributed by atoms with Crippen molar-refractivity contribution in [3.05, 3.63) is 64.7 Å². The Hall–Kier alpha value is -2.13. The molecular weight excluding hydrogens is 450 g/mol. The van der Waals surface area contributed by atoms with Gasteiger partial charge >= 0.3 is 0 Å². The van der Waals surface area contributed by atoms with E-state index in [0.29, 0.717) is 23.7 Å². The van der Waals surface area contributed by atoms with Gasteiger partial charge in [0.05, 0.1) is 25.2 Å². The van der Waals surface area contributed by atoms with Crippen molar-refractivity contribution in [3.63, 3.8) is 0 Å². The number of nitrogens with one attached hydrogen (secondary N) is 1. The van der Waals surface area contributed by atoms with Gasteiger partial charge in [-0.2, -0.15) is 0 Å². The first-order valence-electron chi connectivity index (χ1n) is 10.7. The molecule has 0 saturated carbocycles. The van der Waals surface area contributed by atoms with E-state index in [2.05, 4.69) is 22.3 Å². The number of nitrogens with zero attached hydrogens (tertiary/aromatic N) is 2. The van der Waals surface area contributed by atoms with Crippen molar-refractivity contribution in [2.45, 2.75) is 32.5 Å². The minimum absolute atomic E-state index is 0.320. The van der Waals surface area contributed by atoms with Crippen LogP contribution in [0.25, 0.3) is 0 Å². The van der Waals surface area contributed by atoms with Gasteiger partial charge < -0.3 is 10.1 Å². The molecule has 0 bridgehead atoms. The van der Waals surface area contributed by atoms with E-state index in [-0.39, 0.29) is 5.91 Å². The molecule has 1 fully saturated rings. The second-order valence-corrected chi connectivity index (χ2v) is 10.2. The average Bonchev–Trinajstić information content (AvgIpc) is 2.76. The van der Waals surface area contributed by atoms with E-state index in [1.807, 2.05) is 12.1 Å². The van der Waals surface area contributed by atoms with Crippen molar-refractivity contribution >= 4 is 33.2 Å². The third-order valence-electron chi connectivity index (χ3n) is 5.39. The molecular formula is C23H30ClN3O4S. The maximum atomic E-state index is 13.0. The Bertz CT molecular complexity index is 1010. The topological polar surface area (TPSA) is 79.0 Å². The van der Waals surface area contributed by atoms with Gasteiger partial charge in [0.2, 0.25) is 15.9 Å². The minimum atomic E-state index is -3.69. The fourth-order valence-corrected chi connectivity index (χ4v) is 5.15. The molecule has 0 aliphatic carbocycles. The van der Waals surface area contributed by atoms with E-state index in [1.54, 1.807) is 31.2 Å². The number of hydrogen-bond acceptors (Lipinski definition) is 5. The summed E-state index contributed by atoms with van der Waals surface area (Å²) in [4.78, 5) is 15.3. The smallest absolute Gasteiger partial charge is 0.244 e. The van der Waals surface area contributed by atoms with Crippen molar-refractivity contribution in [1.29, 1.82) is 0 Å². The van der Waals surface area contributed by atoms with Crippen molar-refractivity contribution < 1.29 is 17.9 Å². The Balaban J connectivity index is 1.65. The fraction of sp³-hybridized carbons (Fsp3) is 0.435. The van der Waals surface area contributed by atoms with Crippen LogP contribution in [0.3, 0.4) is 0 Å². The number of carbonyl (C=O) groups excluding carboxylic acids is 1. The lowest BCUT2D eigenvalue weighted by molar-refractivity contribution is -0.122. The van der Waals surface area contributed by atoms with Crippen LogP contribution in [0.15, 0.2) is 48.5 Å². The number of amides is 1. The van der Waals surface area contributed by atoms with Crippen molar-refractivity contribution in [2.24, 2.45) is 0 Å². The van der Waals surface area contributed by atoms with E-state index in [4.69, 9.17) is 16.3 Å². The Morgan fingerprint density at radius 2 is 1.81 bits per heavy atom. The number of benzene rings is 2. The van der Waals surface area contributed by atoms with Gasteiger partial charge in [-0.15, -0.1) is 0 Å². The summed E-state index contributed by atoms with van der Waals surface area (Å²) in [6.45, 7) is 6.37. The number of sulfonamides is 1. The molecule has 1 N–H and O–H groups in total. The summed E-state index contributed by atoms with van der Waals surface area (Å²) in [5.41, 5.74) is 2.53. The zero-order valence-electron chi connectivity index (χ0n) is 18.5. The molecule has 0 radical (unpaired) electrons. The highest BCUT2D eigenvalue weighted by Gasteiger charge is 2.31.